The Bertz CT molecular complexity index is 936. The van der Waals surface area contributed by atoms with Gasteiger partial charge in [0.1, 0.15) is 5.65 Å². The third-order valence-electron chi connectivity index (χ3n) is 5.17. The molecule has 1 aliphatic rings. The fourth-order valence-electron chi connectivity index (χ4n) is 3.91. The first kappa shape index (κ1) is 15.1. The highest BCUT2D eigenvalue weighted by atomic mass is 16.1. The van der Waals surface area contributed by atoms with Gasteiger partial charge in [-0.05, 0) is 49.1 Å². The molecular formula is C21H22N2O. The van der Waals surface area contributed by atoms with Gasteiger partial charge in [-0.2, -0.15) is 0 Å². The van der Waals surface area contributed by atoms with Crippen molar-refractivity contribution in [3.63, 3.8) is 0 Å². The maximum Gasteiger partial charge on any atom is 0.260 e. The van der Waals surface area contributed by atoms with Crippen LogP contribution >= 0.6 is 0 Å². The first-order valence-corrected chi connectivity index (χ1v) is 8.82. The topological polar surface area (TPSA) is 34.9 Å². The van der Waals surface area contributed by atoms with E-state index in [9.17, 15) is 4.79 Å². The summed E-state index contributed by atoms with van der Waals surface area (Å²) in [6.45, 7) is 2.06. The molecule has 1 fully saturated rings. The minimum Gasteiger partial charge on any atom is -0.289 e. The Morgan fingerprint density at radius 1 is 1.00 bits per heavy atom. The summed E-state index contributed by atoms with van der Waals surface area (Å²) in [5.41, 5.74) is 3.87. The number of aromatic nitrogens is 2. The van der Waals surface area contributed by atoms with Crippen LogP contribution in [0.1, 0.15) is 43.7 Å². The normalized spacial score (nSPS) is 15.7. The van der Waals surface area contributed by atoms with E-state index in [0.717, 1.165) is 40.6 Å². The van der Waals surface area contributed by atoms with Crippen LogP contribution in [0.5, 0.6) is 0 Å². The first-order chi connectivity index (χ1) is 11.8. The molecule has 1 saturated carbocycles. The van der Waals surface area contributed by atoms with Crippen LogP contribution in [0.25, 0.3) is 22.2 Å². The first-order valence-electron chi connectivity index (χ1n) is 8.82. The van der Waals surface area contributed by atoms with E-state index >= 15 is 0 Å². The number of rotatable bonds is 2. The van der Waals surface area contributed by atoms with Gasteiger partial charge in [-0.15, -0.1) is 0 Å². The fourth-order valence-corrected chi connectivity index (χ4v) is 3.91. The predicted molar refractivity (Wildman–Crippen MR) is 98.3 cm³/mol. The molecule has 2 heterocycles. The van der Waals surface area contributed by atoms with Crippen LogP contribution in [0.15, 0.2) is 53.5 Å². The van der Waals surface area contributed by atoms with Crippen molar-refractivity contribution < 1.29 is 0 Å². The predicted octanol–water partition coefficient (Wildman–Crippen LogP) is 4.88. The lowest BCUT2D eigenvalue weighted by molar-refractivity contribution is 0.353. The number of benzene rings is 1. The maximum atomic E-state index is 13.4. The second kappa shape index (κ2) is 6.23. The van der Waals surface area contributed by atoms with Crippen LogP contribution in [-0.2, 0) is 0 Å². The summed E-state index contributed by atoms with van der Waals surface area (Å²) in [5, 5.41) is 1.04. The van der Waals surface area contributed by atoms with E-state index in [1.54, 1.807) is 6.20 Å². The fraction of sp³-hybridized carbons (Fsp3) is 0.333. The molecule has 24 heavy (non-hydrogen) atoms. The number of pyridine rings is 2. The molecule has 0 radical (unpaired) electrons. The molecule has 3 aromatic rings. The van der Waals surface area contributed by atoms with Gasteiger partial charge >= 0.3 is 0 Å². The second-order valence-corrected chi connectivity index (χ2v) is 6.76. The Kier molecular flexibility index (Phi) is 3.93. The number of nitrogens with zero attached hydrogens (tertiary/aromatic N) is 2. The molecular weight excluding hydrogens is 296 g/mol. The molecule has 0 saturated heterocycles. The van der Waals surface area contributed by atoms with Crippen molar-refractivity contribution in [1.82, 2.24) is 9.55 Å². The van der Waals surface area contributed by atoms with E-state index in [1.807, 2.05) is 34.9 Å². The Labute approximate surface area is 142 Å². The van der Waals surface area contributed by atoms with Gasteiger partial charge in [0.15, 0.2) is 0 Å². The summed E-state index contributed by atoms with van der Waals surface area (Å²) < 4.78 is 1.97. The average molecular weight is 318 g/mol. The zero-order valence-corrected chi connectivity index (χ0v) is 14.0. The van der Waals surface area contributed by atoms with E-state index in [0.29, 0.717) is 0 Å². The summed E-state index contributed by atoms with van der Waals surface area (Å²) in [6.07, 6.45) is 7.59. The standard InChI is InChI=1S/C21H22N2O/c1-15-8-5-6-12-18(15)19-14-16-9-7-13-22-20(16)23(21(19)24)17-10-3-2-4-11-17/h5-9,12-14,17H,2-4,10-11H2,1H3. The van der Waals surface area contributed by atoms with Crippen LogP contribution in [0, 0.1) is 6.92 Å². The zero-order chi connectivity index (χ0) is 16.5. The van der Waals surface area contributed by atoms with Gasteiger partial charge in [0.25, 0.3) is 5.56 Å². The Morgan fingerprint density at radius 2 is 1.79 bits per heavy atom. The van der Waals surface area contributed by atoms with Crippen LogP contribution in [0.3, 0.4) is 0 Å². The Hall–Kier alpha value is -2.42. The molecule has 3 nitrogen and oxygen atoms in total. The maximum absolute atomic E-state index is 13.4. The van der Waals surface area contributed by atoms with Gasteiger partial charge in [0, 0.05) is 23.2 Å². The van der Waals surface area contributed by atoms with Crippen molar-refractivity contribution >= 4 is 11.0 Å². The monoisotopic (exact) mass is 318 g/mol. The molecule has 0 amide bonds. The van der Waals surface area contributed by atoms with E-state index in [4.69, 9.17) is 0 Å². The number of hydrogen-bond acceptors (Lipinski definition) is 2. The average Bonchev–Trinajstić information content (AvgIpc) is 2.63. The lowest BCUT2D eigenvalue weighted by Gasteiger charge is -2.25. The van der Waals surface area contributed by atoms with E-state index in [2.05, 4.69) is 24.0 Å². The number of hydrogen-bond donors (Lipinski definition) is 0. The van der Waals surface area contributed by atoms with E-state index in [-0.39, 0.29) is 11.6 Å². The molecule has 0 N–H and O–H groups in total. The molecule has 1 aliphatic carbocycles. The lowest BCUT2D eigenvalue weighted by Crippen LogP contribution is -2.28. The molecule has 4 rings (SSSR count). The van der Waals surface area contributed by atoms with Crippen molar-refractivity contribution in [2.75, 3.05) is 0 Å². The Morgan fingerprint density at radius 3 is 2.58 bits per heavy atom. The number of fused-ring (bicyclic) bond motifs is 1. The molecule has 2 aromatic heterocycles. The van der Waals surface area contributed by atoms with Crippen LogP contribution < -0.4 is 5.56 Å². The summed E-state index contributed by atoms with van der Waals surface area (Å²) in [6, 6.07) is 14.4. The molecule has 3 heteroatoms. The molecule has 0 aliphatic heterocycles. The van der Waals surface area contributed by atoms with Gasteiger partial charge in [0.2, 0.25) is 0 Å². The van der Waals surface area contributed by atoms with Crippen molar-refractivity contribution in [2.45, 2.75) is 45.1 Å². The SMILES string of the molecule is Cc1ccccc1-c1cc2cccnc2n(C2CCCCC2)c1=O. The molecule has 1 aromatic carbocycles. The summed E-state index contributed by atoms with van der Waals surface area (Å²) >= 11 is 0. The smallest absolute Gasteiger partial charge is 0.260 e. The van der Waals surface area contributed by atoms with E-state index in [1.165, 1.54) is 19.3 Å². The van der Waals surface area contributed by atoms with Crippen LogP contribution in [0.4, 0.5) is 0 Å². The van der Waals surface area contributed by atoms with Crippen molar-refractivity contribution in [3.05, 3.63) is 64.6 Å². The largest absolute Gasteiger partial charge is 0.289 e. The third kappa shape index (κ3) is 2.54. The molecule has 0 spiro atoms. The highest BCUT2D eigenvalue weighted by Crippen LogP contribution is 2.31. The molecule has 0 atom stereocenters. The van der Waals surface area contributed by atoms with E-state index < -0.39 is 0 Å². The van der Waals surface area contributed by atoms with Crippen LogP contribution in [-0.4, -0.2) is 9.55 Å². The highest BCUT2D eigenvalue weighted by molar-refractivity contribution is 5.82. The van der Waals surface area contributed by atoms with Crippen molar-refractivity contribution in [1.29, 1.82) is 0 Å². The Balaban J connectivity index is 2.01. The summed E-state index contributed by atoms with van der Waals surface area (Å²) in [4.78, 5) is 17.9. The van der Waals surface area contributed by atoms with Crippen LogP contribution in [0.2, 0.25) is 0 Å². The minimum atomic E-state index is 0.0994. The molecule has 122 valence electrons. The van der Waals surface area contributed by atoms with Crippen molar-refractivity contribution in [2.24, 2.45) is 0 Å². The van der Waals surface area contributed by atoms with Gasteiger partial charge in [0.05, 0.1) is 0 Å². The second-order valence-electron chi connectivity index (χ2n) is 6.76. The molecule has 0 unspecified atom stereocenters. The summed E-state index contributed by atoms with van der Waals surface area (Å²) in [7, 11) is 0. The third-order valence-corrected chi connectivity index (χ3v) is 5.17. The minimum absolute atomic E-state index is 0.0994. The molecule has 0 bridgehead atoms. The highest BCUT2D eigenvalue weighted by Gasteiger charge is 2.21. The zero-order valence-electron chi connectivity index (χ0n) is 14.0. The van der Waals surface area contributed by atoms with Gasteiger partial charge in [-0.25, -0.2) is 4.98 Å². The van der Waals surface area contributed by atoms with Gasteiger partial charge < -0.3 is 0 Å². The number of aryl methyl sites for hydroxylation is 1. The van der Waals surface area contributed by atoms with Gasteiger partial charge in [-0.1, -0.05) is 43.5 Å². The lowest BCUT2D eigenvalue weighted by atomic mass is 9.94. The quantitative estimate of drug-likeness (QED) is 0.675. The summed E-state index contributed by atoms with van der Waals surface area (Å²) in [5.74, 6) is 0. The van der Waals surface area contributed by atoms with Crippen molar-refractivity contribution in [3.8, 4) is 11.1 Å². The van der Waals surface area contributed by atoms with Gasteiger partial charge in [-0.3, -0.25) is 9.36 Å².